The fourth-order valence-corrected chi connectivity index (χ4v) is 4.45. The molecule has 3 amide bonds. The van der Waals surface area contributed by atoms with Gasteiger partial charge in [0.25, 0.3) is 5.91 Å². The monoisotopic (exact) mass is 410 g/mol. The van der Waals surface area contributed by atoms with Crippen LogP contribution in [-0.2, 0) is 6.54 Å². The summed E-state index contributed by atoms with van der Waals surface area (Å²) < 4.78 is 0. The van der Waals surface area contributed by atoms with Crippen molar-refractivity contribution < 1.29 is 9.59 Å². The van der Waals surface area contributed by atoms with Gasteiger partial charge in [0, 0.05) is 34.6 Å². The summed E-state index contributed by atoms with van der Waals surface area (Å²) in [7, 11) is 0. The minimum atomic E-state index is -0.231. The predicted octanol–water partition coefficient (Wildman–Crippen LogP) is 4.22. The highest BCUT2D eigenvalue weighted by atomic mass is 32.2. The number of benzene rings is 1. The van der Waals surface area contributed by atoms with E-state index in [1.165, 1.54) is 0 Å². The number of urea groups is 1. The van der Waals surface area contributed by atoms with Crippen molar-refractivity contribution in [3.63, 3.8) is 0 Å². The average molecular weight is 411 g/mol. The van der Waals surface area contributed by atoms with Crippen LogP contribution in [0, 0.1) is 0 Å². The molecular formula is C20H18N4O2S2. The third kappa shape index (κ3) is 4.18. The van der Waals surface area contributed by atoms with Gasteiger partial charge in [-0.3, -0.25) is 9.69 Å². The molecule has 2 N–H and O–H groups in total. The van der Waals surface area contributed by atoms with Crippen LogP contribution in [-0.4, -0.2) is 29.2 Å². The molecule has 0 atom stereocenters. The lowest BCUT2D eigenvalue weighted by Crippen LogP contribution is -2.38. The van der Waals surface area contributed by atoms with E-state index in [1.54, 1.807) is 58.5 Å². The number of hydrogen-bond donors (Lipinski definition) is 2. The van der Waals surface area contributed by atoms with Gasteiger partial charge in [0.05, 0.1) is 12.2 Å². The number of nitrogens with zero attached hydrogens (tertiary/aromatic N) is 2. The second-order valence-corrected chi connectivity index (χ2v) is 8.22. The summed E-state index contributed by atoms with van der Waals surface area (Å²) in [5.41, 5.74) is 1.89. The zero-order valence-electron chi connectivity index (χ0n) is 14.9. The van der Waals surface area contributed by atoms with Crippen LogP contribution in [0.1, 0.15) is 15.2 Å². The number of nitrogens with one attached hydrogen (secondary N) is 2. The molecule has 28 heavy (non-hydrogen) atoms. The smallest absolute Gasteiger partial charge is 0.326 e. The Morgan fingerprint density at radius 2 is 2.07 bits per heavy atom. The molecule has 1 aromatic carbocycles. The van der Waals surface area contributed by atoms with Crippen LogP contribution in [0.5, 0.6) is 0 Å². The van der Waals surface area contributed by atoms with E-state index >= 15 is 0 Å². The number of carbonyl (C=O) groups is 2. The fraction of sp³-hybridized carbons (Fsp3) is 0.150. The second kappa shape index (κ2) is 8.45. The van der Waals surface area contributed by atoms with Gasteiger partial charge in [-0.2, -0.15) is 0 Å². The summed E-state index contributed by atoms with van der Waals surface area (Å²) in [6.07, 6.45) is 1.73. The number of aromatic nitrogens is 1. The first-order valence-corrected chi connectivity index (χ1v) is 10.6. The average Bonchev–Trinajstić information content (AvgIpc) is 3.25. The number of pyridine rings is 1. The summed E-state index contributed by atoms with van der Waals surface area (Å²) in [6, 6.07) is 14.4. The molecule has 1 aliphatic heterocycles. The summed E-state index contributed by atoms with van der Waals surface area (Å²) in [5.74, 6) is 0.621. The van der Waals surface area contributed by atoms with Gasteiger partial charge in [-0.1, -0.05) is 12.1 Å². The molecule has 4 rings (SSSR count). The van der Waals surface area contributed by atoms with Crippen molar-refractivity contribution in [1.82, 2.24) is 10.3 Å². The Labute approximate surface area is 171 Å². The zero-order chi connectivity index (χ0) is 19.3. The lowest BCUT2D eigenvalue weighted by Gasteiger charge is -2.28. The minimum absolute atomic E-state index is 0.173. The number of fused-ring (bicyclic) bond motifs is 1. The molecule has 3 heterocycles. The summed E-state index contributed by atoms with van der Waals surface area (Å²) in [5, 5.41) is 8.61. The Kier molecular flexibility index (Phi) is 5.59. The lowest BCUT2D eigenvalue weighted by atomic mass is 10.2. The summed E-state index contributed by atoms with van der Waals surface area (Å²) in [6.45, 7) is 1.10. The zero-order valence-corrected chi connectivity index (χ0v) is 16.6. The van der Waals surface area contributed by atoms with Gasteiger partial charge in [-0.05, 0) is 41.8 Å². The maximum Gasteiger partial charge on any atom is 0.326 e. The third-order valence-electron chi connectivity index (χ3n) is 4.22. The number of hydrogen-bond acceptors (Lipinski definition) is 5. The maximum atomic E-state index is 12.8. The highest BCUT2D eigenvalue weighted by Gasteiger charge is 2.23. The number of amides is 3. The first kappa shape index (κ1) is 18.5. The molecule has 6 nitrogen and oxygen atoms in total. The van der Waals surface area contributed by atoms with Crippen LogP contribution in [0.15, 0.2) is 65.1 Å². The summed E-state index contributed by atoms with van der Waals surface area (Å²) >= 11 is 3.24. The number of thiophene rings is 1. The van der Waals surface area contributed by atoms with E-state index in [2.05, 4.69) is 15.6 Å². The van der Waals surface area contributed by atoms with E-state index < -0.39 is 0 Å². The molecule has 142 valence electrons. The van der Waals surface area contributed by atoms with E-state index in [0.717, 1.165) is 21.3 Å². The Morgan fingerprint density at radius 3 is 2.93 bits per heavy atom. The first-order valence-electron chi connectivity index (χ1n) is 8.78. The van der Waals surface area contributed by atoms with Crippen LogP contribution in [0.25, 0.3) is 0 Å². The number of anilines is 2. The van der Waals surface area contributed by atoms with Gasteiger partial charge < -0.3 is 10.6 Å². The van der Waals surface area contributed by atoms with E-state index in [4.69, 9.17) is 0 Å². The molecule has 0 saturated heterocycles. The van der Waals surface area contributed by atoms with Gasteiger partial charge in [-0.15, -0.1) is 23.1 Å². The molecule has 0 radical (unpaired) electrons. The van der Waals surface area contributed by atoms with E-state index in [-0.39, 0.29) is 11.9 Å². The van der Waals surface area contributed by atoms with Crippen molar-refractivity contribution in [2.45, 2.75) is 11.6 Å². The maximum absolute atomic E-state index is 12.8. The van der Waals surface area contributed by atoms with E-state index in [9.17, 15) is 9.59 Å². The van der Waals surface area contributed by atoms with Gasteiger partial charge in [0.15, 0.2) is 0 Å². The number of rotatable bonds is 4. The largest absolute Gasteiger partial charge is 0.347 e. The molecule has 0 bridgehead atoms. The van der Waals surface area contributed by atoms with Crippen LogP contribution >= 0.6 is 23.1 Å². The molecular weight excluding hydrogens is 392 g/mol. The molecule has 2 aromatic heterocycles. The van der Waals surface area contributed by atoms with E-state index in [0.29, 0.717) is 24.3 Å². The van der Waals surface area contributed by atoms with Gasteiger partial charge >= 0.3 is 6.03 Å². The van der Waals surface area contributed by atoms with Gasteiger partial charge in [-0.25, -0.2) is 9.78 Å². The van der Waals surface area contributed by atoms with Crippen molar-refractivity contribution in [3.05, 3.63) is 70.5 Å². The van der Waals surface area contributed by atoms with Gasteiger partial charge in [0.1, 0.15) is 5.03 Å². The van der Waals surface area contributed by atoms with Crippen molar-refractivity contribution >= 4 is 46.4 Å². The topological polar surface area (TPSA) is 74.3 Å². The number of thioether (sulfide) groups is 1. The van der Waals surface area contributed by atoms with Crippen molar-refractivity contribution in [2.24, 2.45) is 0 Å². The standard InChI is InChI=1S/C20H18N4O2S2/c25-18(22-13-16-6-3-10-27-16)14-4-1-5-15(12-14)23-20(26)24-9-11-28-19-17(24)7-2-8-21-19/h1-8,10,12H,9,11,13H2,(H,22,25)(H,23,26). The first-order chi connectivity index (χ1) is 13.7. The van der Waals surface area contributed by atoms with Crippen LogP contribution in [0.3, 0.4) is 0 Å². The third-order valence-corrected chi connectivity index (χ3v) is 6.07. The normalized spacial score (nSPS) is 12.9. The van der Waals surface area contributed by atoms with Crippen LogP contribution in [0.2, 0.25) is 0 Å². The molecule has 0 saturated carbocycles. The lowest BCUT2D eigenvalue weighted by molar-refractivity contribution is 0.0951. The predicted molar refractivity (Wildman–Crippen MR) is 113 cm³/mol. The molecule has 0 fully saturated rings. The molecule has 0 aliphatic carbocycles. The van der Waals surface area contributed by atoms with Crippen LogP contribution < -0.4 is 15.5 Å². The molecule has 8 heteroatoms. The van der Waals surface area contributed by atoms with Crippen LogP contribution in [0.4, 0.5) is 16.2 Å². The SMILES string of the molecule is O=C(NCc1cccs1)c1cccc(NC(=O)N2CCSc3ncccc32)c1. The Bertz CT molecular complexity index is 991. The quantitative estimate of drug-likeness (QED) is 0.675. The van der Waals surface area contributed by atoms with Crippen molar-refractivity contribution in [2.75, 3.05) is 22.5 Å². The second-order valence-electron chi connectivity index (χ2n) is 6.10. The highest BCUT2D eigenvalue weighted by molar-refractivity contribution is 7.99. The van der Waals surface area contributed by atoms with Crippen molar-refractivity contribution in [1.29, 1.82) is 0 Å². The van der Waals surface area contributed by atoms with Crippen molar-refractivity contribution in [3.8, 4) is 0 Å². The number of carbonyl (C=O) groups excluding carboxylic acids is 2. The Morgan fingerprint density at radius 1 is 1.14 bits per heavy atom. The molecule has 0 spiro atoms. The Hall–Kier alpha value is -2.84. The molecule has 3 aromatic rings. The Balaban J connectivity index is 1.43. The molecule has 0 unspecified atom stereocenters. The summed E-state index contributed by atoms with van der Waals surface area (Å²) in [4.78, 5) is 32.3. The van der Waals surface area contributed by atoms with Gasteiger partial charge in [0.2, 0.25) is 0 Å². The fourth-order valence-electron chi connectivity index (χ4n) is 2.88. The molecule has 1 aliphatic rings. The minimum Gasteiger partial charge on any atom is -0.347 e. The highest BCUT2D eigenvalue weighted by Crippen LogP contribution is 2.32. The van der Waals surface area contributed by atoms with E-state index in [1.807, 2.05) is 29.6 Å².